The van der Waals surface area contributed by atoms with Crippen LogP contribution < -0.4 is 4.74 Å². The zero-order valence-electron chi connectivity index (χ0n) is 14.4. The maximum atomic E-state index is 5.41. The molecule has 0 spiro atoms. The van der Waals surface area contributed by atoms with E-state index in [2.05, 4.69) is 75.4 Å². The molecule has 23 heavy (non-hydrogen) atoms. The van der Waals surface area contributed by atoms with E-state index >= 15 is 0 Å². The zero-order chi connectivity index (χ0) is 16.5. The second kappa shape index (κ2) is 8.99. The lowest BCUT2D eigenvalue weighted by molar-refractivity contribution is 0.317. The van der Waals surface area contributed by atoms with E-state index in [1.54, 1.807) is 0 Å². The van der Waals surface area contributed by atoms with Gasteiger partial charge in [-0.3, -0.25) is 0 Å². The van der Waals surface area contributed by atoms with Crippen molar-refractivity contribution < 1.29 is 4.74 Å². The normalized spacial score (nSPS) is 10.0. The number of ether oxygens (including phenoxy) is 1. The number of hydrogen-bond acceptors (Lipinski definition) is 1. The molecule has 1 heteroatoms. The SMILES string of the molecule is CCCOc1ccc(C)cc1.CCc1cccc2ccccc12. The van der Waals surface area contributed by atoms with Crippen molar-refractivity contribution in [3.8, 4) is 5.75 Å². The molecule has 0 aliphatic rings. The van der Waals surface area contributed by atoms with Crippen LogP contribution in [0.1, 0.15) is 31.4 Å². The van der Waals surface area contributed by atoms with Gasteiger partial charge < -0.3 is 4.74 Å². The van der Waals surface area contributed by atoms with Crippen LogP contribution in [0.25, 0.3) is 10.8 Å². The highest BCUT2D eigenvalue weighted by molar-refractivity contribution is 5.85. The van der Waals surface area contributed by atoms with Crippen molar-refractivity contribution in [2.75, 3.05) is 6.61 Å². The maximum Gasteiger partial charge on any atom is 0.119 e. The predicted octanol–water partition coefficient (Wildman–Crippen LogP) is 6.19. The first-order valence-electron chi connectivity index (χ1n) is 8.40. The standard InChI is InChI=1S/C12H12.C10H14O/c1-2-10-7-5-8-11-6-3-4-9-12(10)11;1-3-8-11-10-6-4-9(2)5-7-10/h3-9H,2H2,1H3;4-7H,3,8H2,1-2H3. The van der Waals surface area contributed by atoms with Gasteiger partial charge in [0.2, 0.25) is 0 Å². The molecule has 0 radical (unpaired) electrons. The van der Waals surface area contributed by atoms with Crippen molar-refractivity contribution in [1.82, 2.24) is 0 Å². The summed E-state index contributed by atoms with van der Waals surface area (Å²) in [7, 11) is 0. The molecule has 0 atom stereocenters. The molecule has 0 aromatic heterocycles. The van der Waals surface area contributed by atoms with Gasteiger partial charge in [-0.25, -0.2) is 0 Å². The highest BCUT2D eigenvalue weighted by Gasteiger charge is 1.95. The average Bonchev–Trinajstić information content (AvgIpc) is 2.61. The molecular weight excluding hydrogens is 280 g/mol. The van der Waals surface area contributed by atoms with Crippen LogP contribution in [0.2, 0.25) is 0 Å². The lowest BCUT2D eigenvalue weighted by Gasteiger charge is -2.03. The van der Waals surface area contributed by atoms with Crippen molar-refractivity contribution in [3.05, 3.63) is 77.9 Å². The zero-order valence-corrected chi connectivity index (χ0v) is 14.4. The van der Waals surface area contributed by atoms with Gasteiger partial charge >= 0.3 is 0 Å². The monoisotopic (exact) mass is 306 g/mol. The van der Waals surface area contributed by atoms with Gasteiger partial charge in [0.25, 0.3) is 0 Å². The summed E-state index contributed by atoms with van der Waals surface area (Å²) in [5, 5.41) is 2.74. The van der Waals surface area contributed by atoms with E-state index in [1.807, 2.05) is 12.1 Å². The minimum absolute atomic E-state index is 0.809. The van der Waals surface area contributed by atoms with Crippen molar-refractivity contribution in [2.24, 2.45) is 0 Å². The van der Waals surface area contributed by atoms with Crippen molar-refractivity contribution in [3.63, 3.8) is 0 Å². The summed E-state index contributed by atoms with van der Waals surface area (Å²) in [5.74, 6) is 0.970. The van der Waals surface area contributed by atoms with Crippen LogP contribution in [-0.2, 0) is 6.42 Å². The van der Waals surface area contributed by atoms with Crippen LogP contribution in [0.4, 0.5) is 0 Å². The Bertz CT molecular complexity index is 708. The van der Waals surface area contributed by atoms with Crippen LogP contribution in [0.3, 0.4) is 0 Å². The molecule has 3 rings (SSSR count). The van der Waals surface area contributed by atoms with Crippen LogP contribution in [0.5, 0.6) is 5.75 Å². The van der Waals surface area contributed by atoms with E-state index in [4.69, 9.17) is 4.74 Å². The molecule has 1 nitrogen and oxygen atoms in total. The third-order valence-electron chi connectivity index (χ3n) is 3.75. The minimum atomic E-state index is 0.809. The third-order valence-corrected chi connectivity index (χ3v) is 3.75. The molecule has 3 aromatic carbocycles. The van der Waals surface area contributed by atoms with Gasteiger partial charge in [0, 0.05) is 0 Å². The molecule has 0 N–H and O–H groups in total. The van der Waals surface area contributed by atoms with Crippen LogP contribution in [0.15, 0.2) is 66.7 Å². The van der Waals surface area contributed by atoms with Crippen molar-refractivity contribution >= 4 is 10.8 Å². The molecule has 0 saturated carbocycles. The molecule has 3 aromatic rings. The molecule has 120 valence electrons. The number of hydrogen-bond donors (Lipinski definition) is 0. The summed E-state index contributed by atoms with van der Waals surface area (Å²) in [5.41, 5.74) is 2.71. The lowest BCUT2D eigenvalue weighted by atomic mass is 10.0. The van der Waals surface area contributed by atoms with Gasteiger partial charge in [-0.2, -0.15) is 0 Å². The van der Waals surface area contributed by atoms with Gasteiger partial charge in [-0.05, 0) is 48.2 Å². The molecule has 0 heterocycles. The van der Waals surface area contributed by atoms with Gasteiger partial charge in [-0.15, -0.1) is 0 Å². The lowest BCUT2D eigenvalue weighted by Crippen LogP contribution is -1.94. The fourth-order valence-electron chi connectivity index (χ4n) is 2.46. The van der Waals surface area contributed by atoms with E-state index < -0.39 is 0 Å². The van der Waals surface area contributed by atoms with E-state index in [0.717, 1.165) is 25.2 Å². The van der Waals surface area contributed by atoms with Crippen LogP contribution in [-0.4, -0.2) is 6.61 Å². The summed E-state index contributed by atoms with van der Waals surface area (Å²) in [6, 6.07) is 23.1. The Morgan fingerprint density at radius 1 is 0.783 bits per heavy atom. The summed E-state index contributed by atoms with van der Waals surface area (Å²) in [6.07, 6.45) is 2.18. The molecule has 0 saturated heterocycles. The van der Waals surface area contributed by atoms with Crippen molar-refractivity contribution in [1.29, 1.82) is 0 Å². The first-order chi connectivity index (χ1) is 11.2. The van der Waals surface area contributed by atoms with Crippen molar-refractivity contribution in [2.45, 2.75) is 33.6 Å². The fraction of sp³-hybridized carbons (Fsp3) is 0.273. The quantitative estimate of drug-likeness (QED) is 0.558. The molecule has 0 bridgehead atoms. The number of rotatable bonds is 4. The summed E-state index contributed by atoms with van der Waals surface area (Å²) < 4.78 is 5.41. The molecular formula is C22H26O. The highest BCUT2D eigenvalue weighted by atomic mass is 16.5. The van der Waals surface area contributed by atoms with E-state index in [9.17, 15) is 0 Å². The third kappa shape index (κ3) is 5.14. The smallest absolute Gasteiger partial charge is 0.119 e. The van der Waals surface area contributed by atoms with Crippen LogP contribution >= 0.6 is 0 Å². The number of aryl methyl sites for hydroxylation is 2. The highest BCUT2D eigenvalue weighted by Crippen LogP contribution is 2.18. The van der Waals surface area contributed by atoms with Gasteiger partial charge in [0.15, 0.2) is 0 Å². The topological polar surface area (TPSA) is 9.23 Å². The Kier molecular flexibility index (Phi) is 6.68. The molecule has 0 amide bonds. The number of benzene rings is 3. The van der Waals surface area contributed by atoms with Gasteiger partial charge in [0.1, 0.15) is 5.75 Å². The fourth-order valence-corrected chi connectivity index (χ4v) is 2.46. The summed E-state index contributed by atoms with van der Waals surface area (Å²) in [6.45, 7) is 7.18. The molecule has 0 unspecified atom stereocenters. The Labute approximate surface area is 139 Å². The summed E-state index contributed by atoms with van der Waals surface area (Å²) in [4.78, 5) is 0. The second-order valence-corrected chi connectivity index (χ2v) is 5.65. The van der Waals surface area contributed by atoms with E-state index in [1.165, 1.54) is 21.9 Å². The van der Waals surface area contributed by atoms with E-state index in [0.29, 0.717) is 0 Å². The predicted molar refractivity (Wildman–Crippen MR) is 100 cm³/mol. The Balaban J connectivity index is 0.000000168. The van der Waals surface area contributed by atoms with Gasteiger partial charge in [0.05, 0.1) is 6.61 Å². The molecule has 0 aliphatic heterocycles. The first-order valence-corrected chi connectivity index (χ1v) is 8.40. The summed E-state index contributed by atoms with van der Waals surface area (Å²) >= 11 is 0. The molecule has 0 aliphatic carbocycles. The maximum absolute atomic E-state index is 5.41. The number of fused-ring (bicyclic) bond motifs is 1. The Morgan fingerprint density at radius 3 is 2.17 bits per heavy atom. The molecule has 0 fully saturated rings. The first kappa shape index (κ1) is 17.1. The second-order valence-electron chi connectivity index (χ2n) is 5.65. The minimum Gasteiger partial charge on any atom is -0.494 e. The van der Waals surface area contributed by atoms with E-state index in [-0.39, 0.29) is 0 Å². The Morgan fingerprint density at radius 2 is 1.48 bits per heavy atom. The van der Waals surface area contributed by atoms with Gasteiger partial charge in [-0.1, -0.05) is 74.0 Å². The average molecular weight is 306 g/mol. The Hall–Kier alpha value is -2.28. The largest absolute Gasteiger partial charge is 0.494 e. The van der Waals surface area contributed by atoms with Crippen LogP contribution in [0, 0.1) is 6.92 Å².